The average Bonchev–Trinajstić information content (AvgIpc) is 3.47. The zero-order valence-corrected chi connectivity index (χ0v) is 16.3. The molecule has 0 spiro atoms. The highest BCUT2D eigenvalue weighted by atomic mass is 16.5. The molecule has 1 aliphatic rings. The zero-order chi connectivity index (χ0) is 19.3. The van der Waals surface area contributed by atoms with Gasteiger partial charge in [0, 0.05) is 12.3 Å². The highest BCUT2D eigenvalue weighted by Crippen LogP contribution is 2.42. The van der Waals surface area contributed by atoms with Crippen molar-refractivity contribution < 1.29 is 23.8 Å². The first-order valence-electron chi connectivity index (χ1n) is 9.20. The fraction of sp³-hybridized carbons (Fsp3) is 0.600. The average molecular weight is 363 g/mol. The summed E-state index contributed by atoms with van der Waals surface area (Å²) in [6, 6.07) is 4.99. The van der Waals surface area contributed by atoms with Crippen LogP contribution in [0.3, 0.4) is 0 Å². The molecule has 2 rings (SSSR count). The Labute approximate surface area is 155 Å². The lowest BCUT2D eigenvalue weighted by Crippen LogP contribution is -2.44. The molecule has 1 aromatic rings. The van der Waals surface area contributed by atoms with Crippen molar-refractivity contribution in [2.75, 3.05) is 19.0 Å². The highest BCUT2D eigenvalue weighted by molar-refractivity contribution is 5.99. The van der Waals surface area contributed by atoms with Crippen LogP contribution in [0, 0.1) is 5.92 Å². The number of amides is 1. The molecule has 144 valence electrons. The van der Waals surface area contributed by atoms with Crippen LogP contribution in [0.4, 0.5) is 5.69 Å². The van der Waals surface area contributed by atoms with Gasteiger partial charge in [0.2, 0.25) is 0 Å². The second-order valence-electron chi connectivity index (χ2n) is 6.81. The van der Waals surface area contributed by atoms with E-state index in [-0.39, 0.29) is 23.5 Å². The van der Waals surface area contributed by atoms with Gasteiger partial charge in [0.15, 0.2) is 0 Å². The molecule has 0 unspecified atom stereocenters. The first-order chi connectivity index (χ1) is 12.3. The van der Waals surface area contributed by atoms with E-state index in [4.69, 9.17) is 14.2 Å². The lowest BCUT2D eigenvalue weighted by atomic mass is 9.98. The molecule has 0 saturated heterocycles. The van der Waals surface area contributed by atoms with Gasteiger partial charge in [-0.15, -0.1) is 0 Å². The minimum absolute atomic E-state index is 0.0324. The molecule has 6 heteroatoms. The van der Waals surface area contributed by atoms with Crippen LogP contribution in [0.2, 0.25) is 0 Å². The van der Waals surface area contributed by atoms with Gasteiger partial charge in [-0.2, -0.15) is 0 Å². The Morgan fingerprint density at radius 2 is 2.00 bits per heavy atom. The van der Waals surface area contributed by atoms with E-state index in [1.165, 1.54) is 7.11 Å². The summed E-state index contributed by atoms with van der Waals surface area (Å²) in [7, 11) is 1.32. The maximum absolute atomic E-state index is 12.8. The topological polar surface area (TPSA) is 73.9 Å². The number of esters is 1. The van der Waals surface area contributed by atoms with E-state index in [0.717, 1.165) is 19.3 Å². The third-order valence-corrected chi connectivity index (χ3v) is 4.80. The molecule has 1 aromatic carbocycles. The van der Waals surface area contributed by atoms with E-state index in [0.29, 0.717) is 18.0 Å². The predicted molar refractivity (Wildman–Crippen MR) is 99.5 cm³/mol. The SMILES string of the molecule is CCO[C@@](C)(C(=O)Nc1ccc(O[C@@H](C)CC)c(C(=O)OC)c1)C1CC1. The normalized spacial score (nSPS) is 17.1. The van der Waals surface area contributed by atoms with Crippen LogP contribution in [-0.2, 0) is 14.3 Å². The van der Waals surface area contributed by atoms with Crippen LogP contribution in [0.1, 0.15) is 57.3 Å². The minimum atomic E-state index is -0.855. The Morgan fingerprint density at radius 1 is 1.31 bits per heavy atom. The maximum Gasteiger partial charge on any atom is 0.341 e. The number of carbonyl (C=O) groups excluding carboxylic acids is 2. The molecule has 0 aromatic heterocycles. The summed E-state index contributed by atoms with van der Waals surface area (Å²) < 4.78 is 16.4. The van der Waals surface area contributed by atoms with Crippen molar-refractivity contribution in [2.45, 2.75) is 58.7 Å². The van der Waals surface area contributed by atoms with Gasteiger partial charge in [0.1, 0.15) is 16.9 Å². The molecule has 0 heterocycles. The van der Waals surface area contributed by atoms with Crippen LogP contribution in [-0.4, -0.2) is 37.3 Å². The first kappa shape index (κ1) is 20.2. The molecule has 1 amide bonds. The molecule has 0 aliphatic heterocycles. The van der Waals surface area contributed by atoms with Crippen molar-refractivity contribution in [1.29, 1.82) is 0 Å². The molecule has 0 bridgehead atoms. The smallest absolute Gasteiger partial charge is 0.341 e. The van der Waals surface area contributed by atoms with E-state index in [9.17, 15) is 9.59 Å². The lowest BCUT2D eigenvalue weighted by molar-refractivity contribution is -0.141. The van der Waals surface area contributed by atoms with Crippen molar-refractivity contribution >= 4 is 17.6 Å². The van der Waals surface area contributed by atoms with Crippen LogP contribution in [0.25, 0.3) is 0 Å². The van der Waals surface area contributed by atoms with E-state index in [1.807, 2.05) is 27.7 Å². The third kappa shape index (κ3) is 4.55. The number of rotatable bonds is 9. The summed E-state index contributed by atoms with van der Waals surface area (Å²) in [5.41, 5.74) is -0.0554. The first-order valence-corrected chi connectivity index (χ1v) is 9.20. The Hall–Kier alpha value is -2.08. The minimum Gasteiger partial charge on any atom is -0.490 e. The molecular formula is C20H29NO5. The number of benzene rings is 1. The van der Waals surface area contributed by atoms with Crippen molar-refractivity contribution in [3.05, 3.63) is 23.8 Å². The monoisotopic (exact) mass is 363 g/mol. The molecule has 2 atom stereocenters. The number of ether oxygens (including phenoxy) is 3. The fourth-order valence-corrected chi connectivity index (χ4v) is 2.84. The van der Waals surface area contributed by atoms with E-state index < -0.39 is 11.6 Å². The molecule has 6 nitrogen and oxygen atoms in total. The van der Waals surface area contributed by atoms with E-state index in [2.05, 4.69) is 5.32 Å². The predicted octanol–water partition coefficient (Wildman–Crippen LogP) is 3.79. The van der Waals surface area contributed by atoms with Gasteiger partial charge < -0.3 is 19.5 Å². The molecule has 1 saturated carbocycles. The third-order valence-electron chi connectivity index (χ3n) is 4.80. The van der Waals surface area contributed by atoms with Gasteiger partial charge in [-0.1, -0.05) is 6.92 Å². The van der Waals surface area contributed by atoms with Crippen LogP contribution >= 0.6 is 0 Å². The Balaban J connectivity index is 2.23. The summed E-state index contributed by atoms with van der Waals surface area (Å²) in [4.78, 5) is 24.9. The maximum atomic E-state index is 12.8. The Kier molecular flexibility index (Phi) is 6.64. The lowest BCUT2D eigenvalue weighted by Gasteiger charge is -2.28. The molecule has 1 aliphatic carbocycles. The summed E-state index contributed by atoms with van der Waals surface area (Å²) in [6.07, 6.45) is 2.75. The second kappa shape index (κ2) is 8.54. The summed E-state index contributed by atoms with van der Waals surface area (Å²) in [5.74, 6) is -0.0306. The molecule has 1 N–H and O–H groups in total. The van der Waals surface area contributed by atoms with Gasteiger partial charge in [0.25, 0.3) is 5.91 Å². The fourth-order valence-electron chi connectivity index (χ4n) is 2.84. The van der Waals surface area contributed by atoms with Crippen molar-refractivity contribution in [2.24, 2.45) is 5.92 Å². The van der Waals surface area contributed by atoms with Gasteiger partial charge in [-0.3, -0.25) is 4.79 Å². The van der Waals surface area contributed by atoms with E-state index >= 15 is 0 Å². The van der Waals surface area contributed by atoms with Crippen molar-refractivity contribution in [1.82, 2.24) is 0 Å². The van der Waals surface area contributed by atoms with Crippen molar-refractivity contribution in [3.8, 4) is 5.75 Å². The largest absolute Gasteiger partial charge is 0.490 e. The Morgan fingerprint density at radius 3 is 2.54 bits per heavy atom. The molecule has 1 fully saturated rings. The van der Waals surface area contributed by atoms with Gasteiger partial charge >= 0.3 is 5.97 Å². The van der Waals surface area contributed by atoms with Gasteiger partial charge in [0.05, 0.1) is 13.2 Å². The van der Waals surface area contributed by atoms with Crippen LogP contribution in [0.15, 0.2) is 18.2 Å². The number of methoxy groups -OCH3 is 1. The molecule has 0 radical (unpaired) electrons. The number of hydrogen-bond acceptors (Lipinski definition) is 5. The van der Waals surface area contributed by atoms with Crippen LogP contribution < -0.4 is 10.1 Å². The number of nitrogens with one attached hydrogen (secondary N) is 1. The Bertz CT molecular complexity index is 656. The molecule has 26 heavy (non-hydrogen) atoms. The van der Waals surface area contributed by atoms with Crippen LogP contribution in [0.5, 0.6) is 5.75 Å². The highest BCUT2D eigenvalue weighted by Gasteiger charge is 2.48. The molecular weight excluding hydrogens is 334 g/mol. The number of hydrogen-bond donors (Lipinski definition) is 1. The summed E-state index contributed by atoms with van der Waals surface area (Å²) in [5, 5.41) is 2.88. The van der Waals surface area contributed by atoms with E-state index in [1.54, 1.807) is 18.2 Å². The van der Waals surface area contributed by atoms with Gasteiger partial charge in [-0.25, -0.2) is 4.79 Å². The standard InChI is InChI=1S/C20H29NO5/c1-6-13(3)26-17-11-10-15(12-16(17)18(22)24-5)21-19(23)20(4,25-7-2)14-8-9-14/h10-14H,6-9H2,1-5H3,(H,21,23)/t13-,20+/m0/s1. The number of carbonyl (C=O) groups is 2. The zero-order valence-electron chi connectivity index (χ0n) is 16.3. The number of anilines is 1. The van der Waals surface area contributed by atoms with Gasteiger partial charge in [-0.05, 0) is 64.2 Å². The summed E-state index contributed by atoms with van der Waals surface area (Å²) in [6.45, 7) is 8.11. The second-order valence-corrected chi connectivity index (χ2v) is 6.81. The summed E-state index contributed by atoms with van der Waals surface area (Å²) >= 11 is 0. The van der Waals surface area contributed by atoms with Crippen molar-refractivity contribution in [3.63, 3.8) is 0 Å². The quantitative estimate of drug-likeness (QED) is 0.676.